The lowest BCUT2D eigenvalue weighted by molar-refractivity contribution is 0.274. The lowest BCUT2D eigenvalue weighted by atomic mass is 9.83. The number of likely N-dealkylation sites (tertiary alicyclic amines) is 1. The molecule has 17 heavy (non-hydrogen) atoms. The summed E-state index contributed by atoms with van der Waals surface area (Å²) in [7, 11) is 0. The van der Waals surface area contributed by atoms with Crippen LogP contribution in [0.15, 0.2) is 42.6 Å². The van der Waals surface area contributed by atoms with Crippen LogP contribution in [-0.4, -0.2) is 18.0 Å². The highest BCUT2D eigenvalue weighted by Crippen LogP contribution is 2.37. The van der Waals surface area contributed by atoms with Crippen molar-refractivity contribution < 1.29 is 0 Å². The number of hydrogen-bond acceptors (Lipinski definition) is 1. The third kappa shape index (κ3) is 2.11. The molecule has 0 radical (unpaired) electrons. The van der Waals surface area contributed by atoms with Gasteiger partial charge in [-0.05, 0) is 30.7 Å². The Bertz CT molecular complexity index is 391. The first kappa shape index (κ1) is 10.9. The van der Waals surface area contributed by atoms with Crippen LogP contribution in [-0.2, 0) is 0 Å². The van der Waals surface area contributed by atoms with E-state index in [-0.39, 0.29) is 0 Å². The fourth-order valence-corrected chi connectivity index (χ4v) is 3.02. The molecule has 1 saturated carbocycles. The lowest BCUT2D eigenvalue weighted by Crippen LogP contribution is -2.27. The molecule has 0 amide bonds. The molecule has 0 bridgehead atoms. The van der Waals surface area contributed by atoms with Crippen molar-refractivity contribution in [2.45, 2.75) is 31.6 Å². The van der Waals surface area contributed by atoms with Gasteiger partial charge in [0.05, 0.1) is 0 Å². The average Bonchev–Trinajstić information content (AvgIpc) is 2.77. The summed E-state index contributed by atoms with van der Waals surface area (Å²) >= 11 is 0. The monoisotopic (exact) mass is 227 g/mol. The number of rotatable bonds is 3. The predicted octanol–water partition coefficient (Wildman–Crippen LogP) is 3.79. The third-order valence-corrected chi connectivity index (χ3v) is 4.44. The smallest absolute Gasteiger partial charge is 0.0244 e. The Balaban J connectivity index is 1.63. The van der Waals surface area contributed by atoms with Crippen molar-refractivity contribution in [3.63, 3.8) is 0 Å². The van der Waals surface area contributed by atoms with Gasteiger partial charge in [-0.25, -0.2) is 0 Å². The van der Waals surface area contributed by atoms with Crippen molar-refractivity contribution in [2.75, 3.05) is 13.1 Å². The highest BCUT2D eigenvalue weighted by Gasteiger charge is 2.29. The van der Waals surface area contributed by atoms with E-state index in [2.05, 4.69) is 41.8 Å². The largest absolute Gasteiger partial charge is 0.374 e. The zero-order valence-electron chi connectivity index (χ0n) is 10.4. The maximum Gasteiger partial charge on any atom is 0.0244 e. The maximum absolute atomic E-state index is 4.31. The van der Waals surface area contributed by atoms with Crippen LogP contribution in [0.2, 0.25) is 0 Å². The molecule has 1 aliphatic heterocycles. The zero-order valence-corrected chi connectivity index (χ0v) is 10.4. The molecule has 3 rings (SSSR count). The standard InChI is InChI=1S/C16H21N/c1-13(14-8-5-9-14)17-11-10-16(12-17)15-6-3-2-4-7-15/h2-4,6-7,14,16H,1,5,8-12H2. The molecule has 1 heteroatoms. The van der Waals surface area contributed by atoms with E-state index >= 15 is 0 Å². The third-order valence-electron chi connectivity index (χ3n) is 4.44. The predicted molar refractivity (Wildman–Crippen MR) is 71.9 cm³/mol. The molecule has 2 aliphatic rings. The van der Waals surface area contributed by atoms with Crippen LogP contribution in [0.25, 0.3) is 0 Å². The topological polar surface area (TPSA) is 3.24 Å². The number of allylic oxidation sites excluding steroid dienone is 1. The van der Waals surface area contributed by atoms with Crippen molar-refractivity contribution in [3.05, 3.63) is 48.2 Å². The fourth-order valence-electron chi connectivity index (χ4n) is 3.02. The SMILES string of the molecule is C=C(C1CCC1)N1CCC(c2ccccc2)C1. The van der Waals surface area contributed by atoms with Gasteiger partial charge < -0.3 is 4.90 Å². The van der Waals surface area contributed by atoms with Crippen molar-refractivity contribution >= 4 is 0 Å². The Labute approximate surface area is 104 Å². The van der Waals surface area contributed by atoms with Gasteiger partial charge in [-0.2, -0.15) is 0 Å². The van der Waals surface area contributed by atoms with E-state index in [9.17, 15) is 0 Å². The van der Waals surface area contributed by atoms with Gasteiger partial charge in [-0.15, -0.1) is 0 Å². The van der Waals surface area contributed by atoms with Crippen molar-refractivity contribution in [2.24, 2.45) is 5.92 Å². The second-order valence-corrected chi connectivity index (χ2v) is 5.46. The second-order valence-electron chi connectivity index (χ2n) is 5.46. The van der Waals surface area contributed by atoms with Crippen molar-refractivity contribution in [1.82, 2.24) is 4.90 Å². The van der Waals surface area contributed by atoms with Gasteiger partial charge in [0, 0.05) is 24.7 Å². The average molecular weight is 227 g/mol. The summed E-state index contributed by atoms with van der Waals surface area (Å²) in [6, 6.07) is 10.9. The van der Waals surface area contributed by atoms with Crippen LogP contribution in [0.4, 0.5) is 0 Å². The maximum atomic E-state index is 4.31. The summed E-state index contributed by atoms with van der Waals surface area (Å²) in [5.74, 6) is 1.51. The number of hydrogen-bond donors (Lipinski definition) is 0. The normalized spacial score (nSPS) is 24.7. The summed E-state index contributed by atoms with van der Waals surface area (Å²) in [6.45, 7) is 6.70. The van der Waals surface area contributed by atoms with Crippen LogP contribution in [0.1, 0.15) is 37.2 Å². The Morgan fingerprint density at radius 3 is 2.53 bits per heavy atom. The fraction of sp³-hybridized carbons (Fsp3) is 0.500. The summed E-state index contributed by atoms with van der Waals surface area (Å²) in [5.41, 5.74) is 2.91. The second kappa shape index (κ2) is 4.56. The Kier molecular flexibility index (Phi) is 2.92. The molecule has 0 spiro atoms. The van der Waals surface area contributed by atoms with E-state index in [0.717, 1.165) is 5.92 Å². The van der Waals surface area contributed by atoms with E-state index in [1.807, 2.05) is 0 Å². The molecule has 1 aliphatic carbocycles. The van der Waals surface area contributed by atoms with Gasteiger partial charge in [0.1, 0.15) is 0 Å². The lowest BCUT2D eigenvalue weighted by Gasteiger charge is -2.33. The first-order chi connectivity index (χ1) is 8.34. The molecule has 1 atom stereocenters. The molecular weight excluding hydrogens is 206 g/mol. The molecule has 0 aromatic heterocycles. The first-order valence-electron chi connectivity index (χ1n) is 6.83. The number of benzene rings is 1. The van der Waals surface area contributed by atoms with Gasteiger partial charge >= 0.3 is 0 Å². The highest BCUT2D eigenvalue weighted by molar-refractivity contribution is 5.22. The van der Waals surface area contributed by atoms with Gasteiger partial charge in [0.25, 0.3) is 0 Å². The molecule has 90 valence electrons. The Hall–Kier alpha value is -1.24. The molecular formula is C16H21N. The van der Waals surface area contributed by atoms with E-state index in [1.165, 1.54) is 50.0 Å². The minimum Gasteiger partial charge on any atom is -0.374 e. The summed E-state index contributed by atoms with van der Waals surface area (Å²) < 4.78 is 0. The van der Waals surface area contributed by atoms with Gasteiger partial charge in [0.15, 0.2) is 0 Å². The molecule has 2 fully saturated rings. The number of nitrogens with zero attached hydrogens (tertiary/aromatic N) is 1. The minimum absolute atomic E-state index is 0.716. The van der Waals surface area contributed by atoms with Crippen LogP contribution in [0.3, 0.4) is 0 Å². The van der Waals surface area contributed by atoms with Gasteiger partial charge in [-0.3, -0.25) is 0 Å². The summed E-state index contributed by atoms with van der Waals surface area (Å²) in [5, 5.41) is 0. The van der Waals surface area contributed by atoms with E-state index < -0.39 is 0 Å². The molecule has 1 aromatic rings. The molecule has 1 heterocycles. The van der Waals surface area contributed by atoms with Crippen LogP contribution in [0, 0.1) is 5.92 Å². The Morgan fingerprint density at radius 2 is 1.88 bits per heavy atom. The van der Waals surface area contributed by atoms with Crippen molar-refractivity contribution in [1.29, 1.82) is 0 Å². The molecule has 1 nitrogen and oxygen atoms in total. The van der Waals surface area contributed by atoms with E-state index in [4.69, 9.17) is 0 Å². The molecule has 1 saturated heterocycles. The first-order valence-corrected chi connectivity index (χ1v) is 6.83. The van der Waals surface area contributed by atoms with Crippen LogP contribution in [0.5, 0.6) is 0 Å². The van der Waals surface area contributed by atoms with E-state index in [0.29, 0.717) is 5.92 Å². The zero-order chi connectivity index (χ0) is 11.7. The quantitative estimate of drug-likeness (QED) is 0.759. The summed E-state index contributed by atoms with van der Waals surface area (Å²) in [4.78, 5) is 2.53. The van der Waals surface area contributed by atoms with Crippen LogP contribution < -0.4 is 0 Å². The molecule has 0 N–H and O–H groups in total. The molecule has 1 unspecified atom stereocenters. The highest BCUT2D eigenvalue weighted by atomic mass is 15.2. The van der Waals surface area contributed by atoms with E-state index in [1.54, 1.807) is 0 Å². The van der Waals surface area contributed by atoms with Gasteiger partial charge in [0.2, 0.25) is 0 Å². The van der Waals surface area contributed by atoms with Gasteiger partial charge in [-0.1, -0.05) is 43.3 Å². The molecule has 1 aromatic carbocycles. The Morgan fingerprint density at radius 1 is 1.12 bits per heavy atom. The minimum atomic E-state index is 0.716. The summed E-state index contributed by atoms with van der Waals surface area (Å²) in [6.07, 6.45) is 5.42. The van der Waals surface area contributed by atoms with Crippen LogP contribution >= 0.6 is 0 Å². The van der Waals surface area contributed by atoms with Crippen molar-refractivity contribution in [3.8, 4) is 0 Å².